The molecule has 1 heterocycles. The number of anilines is 1. The highest BCUT2D eigenvalue weighted by Crippen LogP contribution is 2.50. The number of hydrogen-bond acceptors (Lipinski definition) is 5. The number of fused-ring (bicyclic) bond motifs is 1. The lowest BCUT2D eigenvalue weighted by atomic mass is 9.81. The van der Waals surface area contributed by atoms with Crippen LogP contribution in [0.3, 0.4) is 0 Å². The fourth-order valence-electron chi connectivity index (χ4n) is 3.81. The van der Waals surface area contributed by atoms with Gasteiger partial charge in [0, 0.05) is 30.9 Å². The molecule has 0 N–H and O–H groups in total. The van der Waals surface area contributed by atoms with E-state index in [0.29, 0.717) is 12.5 Å². The summed E-state index contributed by atoms with van der Waals surface area (Å²) < 4.78 is 5.02. The Morgan fingerprint density at radius 3 is 2.76 bits per heavy atom. The fourth-order valence-corrected chi connectivity index (χ4v) is 3.81. The van der Waals surface area contributed by atoms with E-state index in [4.69, 9.17) is 4.74 Å². The van der Waals surface area contributed by atoms with Crippen molar-refractivity contribution in [3.05, 3.63) is 34.4 Å². The second-order valence-electron chi connectivity index (χ2n) is 5.89. The SMILES string of the molecule is COC(=O)C12CCCC1CN(c1ccc([N+](=O)[O-])cc1)C2. The van der Waals surface area contributed by atoms with Gasteiger partial charge >= 0.3 is 5.97 Å². The molecule has 1 aromatic carbocycles. The van der Waals surface area contributed by atoms with Crippen molar-refractivity contribution in [1.82, 2.24) is 0 Å². The molecular weight excluding hydrogens is 272 g/mol. The fraction of sp³-hybridized carbons (Fsp3) is 0.533. The molecule has 1 aliphatic heterocycles. The summed E-state index contributed by atoms with van der Waals surface area (Å²) in [5, 5.41) is 10.7. The molecule has 3 rings (SSSR count). The van der Waals surface area contributed by atoms with E-state index in [1.807, 2.05) is 0 Å². The van der Waals surface area contributed by atoms with Gasteiger partial charge in [0.25, 0.3) is 5.69 Å². The van der Waals surface area contributed by atoms with E-state index in [1.54, 1.807) is 12.1 Å². The average molecular weight is 290 g/mol. The summed E-state index contributed by atoms with van der Waals surface area (Å²) in [4.78, 5) is 24.6. The third-order valence-corrected chi connectivity index (χ3v) is 4.89. The number of nitro groups is 1. The summed E-state index contributed by atoms with van der Waals surface area (Å²) in [7, 11) is 1.45. The third kappa shape index (κ3) is 2.14. The molecule has 0 spiro atoms. The van der Waals surface area contributed by atoms with Crippen LogP contribution < -0.4 is 4.90 Å². The van der Waals surface area contributed by atoms with Crippen LogP contribution in [-0.4, -0.2) is 31.1 Å². The highest BCUT2D eigenvalue weighted by molar-refractivity contribution is 5.79. The number of carbonyl (C=O) groups is 1. The van der Waals surface area contributed by atoms with Crippen molar-refractivity contribution in [1.29, 1.82) is 0 Å². The number of esters is 1. The van der Waals surface area contributed by atoms with Crippen LogP contribution in [-0.2, 0) is 9.53 Å². The van der Waals surface area contributed by atoms with Crippen molar-refractivity contribution >= 4 is 17.3 Å². The molecule has 2 fully saturated rings. The van der Waals surface area contributed by atoms with Crippen LogP contribution in [0.5, 0.6) is 0 Å². The molecule has 6 nitrogen and oxygen atoms in total. The predicted octanol–water partition coefficient (Wildman–Crippen LogP) is 2.37. The Bertz CT molecular complexity index is 572. The molecule has 112 valence electrons. The van der Waals surface area contributed by atoms with Crippen molar-refractivity contribution in [3.63, 3.8) is 0 Å². The number of rotatable bonds is 3. The normalized spacial score (nSPS) is 27.5. The summed E-state index contributed by atoms with van der Waals surface area (Å²) in [6, 6.07) is 6.52. The molecule has 1 saturated carbocycles. The Labute approximate surface area is 122 Å². The summed E-state index contributed by atoms with van der Waals surface area (Å²) in [6.45, 7) is 1.45. The molecule has 0 aromatic heterocycles. The Hall–Kier alpha value is -2.11. The average Bonchev–Trinajstić information content (AvgIpc) is 3.04. The van der Waals surface area contributed by atoms with Gasteiger partial charge in [-0.15, -0.1) is 0 Å². The minimum Gasteiger partial charge on any atom is -0.469 e. The lowest BCUT2D eigenvalue weighted by molar-refractivity contribution is -0.384. The Balaban J connectivity index is 1.83. The second kappa shape index (κ2) is 5.02. The Morgan fingerprint density at radius 2 is 2.14 bits per heavy atom. The number of nitro benzene ring substituents is 1. The first-order chi connectivity index (χ1) is 10.1. The van der Waals surface area contributed by atoms with Crippen LogP contribution >= 0.6 is 0 Å². The van der Waals surface area contributed by atoms with Gasteiger partial charge in [-0.2, -0.15) is 0 Å². The summed E-state index contributed by atoms with van der Waals surface area (Å²) >= 11 is 0. The largest absolute Gasteiger partial charge is 0.469 e. The number of ether oxygens (including phenoxy) is 1. The van der Waals surface area contributed by atoms with Crippen LogP contribution in [0.15, 0.2) is 24.3 Å². The zero-order valence-corrected chi connectivity index (χ0v) is 11.9. The molecule has 21 heavy (non-hydrogen) atoms. The van der Waals surface area contributed by atoms with Gasteiger partial charge in [-0.05, 0) is 30.9 Å². The highest BCUT2D eigenvalue weighted by Gasteiger charge is 2.55. The molecule has 1 aliphatic carbocycles. The maximum atomic E-state index is 12.2. The van der Waals surface area contributed by atoms with E-state index in [-0.39, 0.29) is 11.7 Å². The van der Waals surface area contributed by atoms with Gasteiger partial charge in [-0.3, -0.25) is 14.9 Å². The number of hydrogen-bond donors (Lipinski definition) is 0. The topological polar surface area (TPSA) is 72.7 Å². The molecule has 2 unspecified atom stereocenters. The maximum Gasteiger partial charge on any atom is 0.313 e. The molecule has 1 aromatic rings. The third-order valence-electron chi connectivity index (χ3n) is 4.89. The van der Waals surface area contributed by atoms with Crippen LogP contribution in [0.4, 0.5) is 11.4 Å². The Kier molecular flexibility index (Phi) is 3.31. The zero-order valence-electron chi connectivity index (χ0n) is 11.9. The number of benzene rings is 1. The minimum atomic E-state index is -0.404. The van der Waals surface area contributed by atoms with Gasteiger partial charge in [0.05, 0.1) is 17.4 Å². The van der Waals surface area contributed by atoms with E-state index >= 15 is 0 Å². The van der Waals surface area contributed by atoms with Crippen LogP contribution in [0.25, 0.3) is 0 Å². The first-order valence-corrected chi connectivity index (χ1v) is 7.14. The summed E-state index contributed by atoms with van der Waals surface area (Å²) in [5.74, 6) is 0.203. The lowest BCUT2D eigenvalue weighted by Crippen LogP contribution is -2.36. The minimum absolute atomic E-state index is 0.0841. The molecule has 0 amide bonds. The van der Waals surface area contributed by atoms with Crippen LogP contribution in [0.1, 0.15) is 19.3 Å². The van der Waals surface area contributed by atoms with Gasteiger partial charge in [0.15, 0.2) is 0 Å². The molecule has 2 aliphatic rings. The second-order valence-corrected chi connectivity index (χ2v) is 5.89. The van der Waals surface area contributed by atoms with E-state index in [2.05, 4.69) is 4.90 Å². The monoisotopic (exact) mass is 290 g/mol. The van der Waals surface area contributed by atoms with Gasteiger partial charge in [0.2, 0.25) is 0 Å². The van der Waals surface area contributed by atoms with Crippen LogP contribution in [0, 0.1) is 21.4 Å². The number of carbonyl (C=O) groups excluding carboxylic acids is 1. The standard InChI is InChI=1S/C15H18N2O4/c1-21-14(18)15-8-2-3-11(15)9-16(10-15)12-4-6-13(7-5-12)17(19)20/h4-7,11H,2-3,8-10H2,1H3. The smallest absolute Gasteiger partial charge is 0.313 e. The zero-order chi connectivity index (χ0) is 15.0. The molecule has 1 saturated heterocycles. The van der Waals surface area contributed by atoms with E-state index in [9.17, 15) is 14.9 Å². The summed E-state index contributed by atoms with van der Waals surface area (Å²) in [5.41, 5.74) is 0.621. The van der Waals surface area contributed by atoms with Crippen molar-refractivity contribution < 1.29 is 14.5 Å². The van der Waals surface area contributed by atoms with Gasteiger partial charge in [-0.25, -0.2) is 0 Å². The Morgan fingerprint density at radius 1 is 1.43 bits per heavy atom. The number of non-ortho nitro benzene ring substituents is 1. The molecular formula is C15H18N2O4. The molecule has 0 bridgehead atoms. The highest BCUT2D eigenvalue weighted by atomic mass is 16.6. The van der Waals surface area contributed by atoms with Crippen molar-refractivity contribution in [2.24, 2.45) is 11.3 Å². The summed E-state index contributed by atoms with van der Waals surface area (Å²) in [6.07, 6.45) is 2.97. The van der Waals surface area contributed by atoms with E-state index < -0.39 is 10.3 Å². The van der Waals surface area contributed by atoms with Gasteiger partial charge in [0.1, 0.15) is 0 Å². The van der Waals surface area contributed by atoms with E-state index in [1.165, 1.54) is 19.2 Å². The molecule has 2 atom stereocenters. The van der Waals surface area contributed by atoms with E-state index in [0.717, 1.165) is 31.5 Å². The van der Waals surface area contributed by atoms with Gasteiger partial charge < -0.3 is 9.64 Å². The molecule has 0 radical (unpaired) electrons. The number of nitrogens with zero attached hydrogens (tertiary/aromatic N) is 2. The van der Waals surface area contributed by atoms with Crippen LogP contribution in [0.2, 0.25) is 0 Å². The van der Waals surface area contributed by atoms with Gasteiger partial charge in [-0.1, -0.05) is 6.42 Å². The van der Waals surface area contributed by atoms with Crippen molar-refractivity contribution in [2.75, 3.05) is 25.1 Å². The predicted molar refractivity (Wildman–Crippen MR) is 77.1 cm³/mol. The first-order valence-electron chi connectivity index (χ1n) is 7.14. The van der Waals surface area contributed by atoms with Crippen molar-refractivity contribution in [3.8, 4) is 0 Å². The molecule has 6 heteroatoms. The lowest BCUT2D eigenvalue weighted by Gasteiger charge is -2.25. The number of methoxy groups -OCH3 is 1. The van der Waals surface area contributed by atoms with Crippen molar-refractivity contribution in [2.45, 2.75) is 19.3 Å². The quantitative estimate of drug-likeness (QED) is 0.485. The first kappa shape index (κ1) is 13.9. The maximum absolute atomic E-state index is 12.2.